The van der Waals surface area contributed by atoms with Crippen LogP contribution in [-0.2, 0) is 11.2 Å². The zero-order chi connectivity index (χ0) is 23.7. The third kappa shape index (κ3) is 8.41. The Balaban J connectivity index is 0.000000344. The van der Waals surface area contributed by atoms with E-state index >= 15 is 0 Å². The molecule has 176 valence electrons. The molecule has 2 fully saturated rings. The van der Waals surface area contributed by atoms with Gasteiger partial charge in [0.2, 0.25) is 5.91 Å². The number of nitrogens with one attached hydrogen (secondary N) is 4. The van der Waals surface area contributed by atoms with Crippen molar-refractivity contribution in [3.8, 4) is 5.75 Å². The van der Waals surface area contributed by atoms with Crippen molar-refractivity contribution in [2.45, 2.75) is 50.7 Å². The van der Waals surface area contributed by atoms with Gasteiger partial charge in [-0.2, -0.15) is 0 Å². The normalized spacial score (nSPS) is 19.3. The molecule has 1 aromatic carbocycles. The lowest BCUT2D eigenvalue weighted by atomic mass is 9.76. The fraction of sp³-hybridized carbons (Fsp3) is 0.545. The topological polar surface area (TPSA) is 144 Å². The number of ether oxygens (including phenoxy) is 1. The second-order valence-corrected chi connectivity index (χ2v) is 9.85. The van der Waals surface area contributed by atoms with E-state index in [4.69, 9.17) is 21.3 Å². The number of nitrogens with zero attached hydrogens (tertiary/aromatic N) is 1. The minimum Gasteiger partial charge on any atom is -0.493 e. The molecule has 1 saturated carbocycles. The first kappa shape index (κ1) is 25.5. The number of hydrogen-bond acceptors (Lipinski definition) is 6. The first-order chi connectivity index (χ1) is 15.1. The average molecular weight is 463 g/mol. The van der Waals surface area contributed by atoms with Crippen LogP contribution in [0.25, 0.3) is 0 Å². The summed E-state index contributed by atoms with van der Waals surface area (Å²) in [7, 11) is 3.39. The van der Waals surface area contributed by atoms with E-state index < -0.39 is 0 Å². The van der Waals surface area contributed by atoms with E-state index in [2.05, 4.69) is 17.6 Å². The van der Waals surface area contributed by atoms with E-state index in [1.54, 1.807) is 14.1 Å². The lowest BCUT2D eigenvalue weighted by Gasteiger charge is -2.33. The Bertz CT molecular complexity index is 821. The molecular formula is C22H34N6O3S. The Morgan fingerprint density at radius 3 is 2.31 bits per heavy atom. The SMILES string of the molecule is CC1(COc2ccc(CC3SC(=O)NC3=O)cc2)CCCCC1.CN(C)C(=N)NC(=N)N. The summed E-state index contributed by atoms with van der Waals surface area (Å²) in [5, 5.41) is 17.9. The van der Waals surface area contributed by atoms with E-state index in [1.165, 1.54) is 37.0 Å². The van der Waals surface area contributed by atoms with E-state index in [0.29, 0.717) is 11.8 Å². The number of benzene rings is 1. The van der Waals surface area contributed by atoms with Crippen LogP contribution in [0, 0.1) is 16.2 Å². The molecule has 1 heterocycles. The molecule has 2 aliphatic rings. The van der Waals surface area contributed by atoms with Gasteiger partial charge in [-0.25, -0.2) is 0 Å². The molecule has 3 rings (SSSR count). The van der Waals surface area contributed by atoms with Gasteiger partial charge in [0, 0.05) is 19.5 Å². The molecule has 1 atom stereocenters. The minimum absolute atomic E-state index is 0.113. The summed E-state index contributed by atoms with van der Waals surface area (Å²) in [6.45, 7) is 3.08. The maximum Gasteiger partial charge on any atom is 0.286 e. The summed E-state index contributed by atoms with van der Waals surface area (Å²) < 4.78 is 5.97. The highest BCUT2D eigenvalue weighted by atomic mass is 32.2. The Kier molecular flexibility index (Phi) is 9.37. The quantitative estimate of drug-likeness (QED) is 0.334. The molecule has 1 aromatic rings. The predicted molar refractivity (Wildman–Crippen MR) is 128 cm³/mol. The van der Waals surface area contributed by atoms with Gasteiger partial charge >= 0.3 is 0 Å². The molecule has 0 bridgehead atoms. The van der Waals surface area contributed by atoms with Crippen LogP contribution in [0.2, 0.25) is 0 Å². The molecule has 1 unspecified atom stereocenters. The summed E-state index contributed by atoms with van der Waals surface area (Å²) >= 11 is 1.07. The van der Waals surface area contributed by atoms with Gasteiger partial charge in [0.25, 0.3) is 5.24 Å². The molecule has 1 aliphatic carbocycles. The van der Waals surface area contributed by atoms with Gasteiger partial charge in [0.15, 0.2) is 11.9 Å². The van der Waals surface area contributed by atoms with Crippen molar-refractivity contribution in [2.24, 2.45) is 11.1 Å². The molecule has 9 nitrogen and oxygen atoms in total. The van der Waals surface area contributed by atoms with Crippen LogP contribution in [0.5, 0.6) is 5.75 Å². The lowest BCUT2D eigenvalue weighted by Crippen LogP contribution is -2.42. The molecule has 10 heteroatoms. The first-order valence-corrected chi connectivity index (χ1v) is 11.6. The van der Waals surface area contributed by atoms with Crippen LogP contribution in [0.4, 0.5) is 4.79 Å². The van der Waals surface area contributed by atoms with Crippen LogP contribution in [0.15, 0.2) is 24.3 Å². The maximum atomic E-state index is 11.6. The Morgan fingerprint density at radius 2 is 1.84 bits per heavy atom. The zero-order valence-corrected chi connectivity index (χ0v) is 19.8. The molecule has 1 aliphatic heterocycles. The molecule has 32 heavy (non-hydrogen) atoms. The van der Waals surface area contributed by atoms with E-state index in [-0.39, 0.29) is 28.3 Å². The number of hydrogen-bond donors (Lipinski definition) is 5. The molecule has 6 N–H and O–H groups in total. The van der Waals surface area contributed by atoms with Crippen LogP contribution in [0.1, 0.15) is 44.6 Å². The van der Waals surface area contributed by atoms with Crippen LogP contribution >= 0.6 is 11.8 Å². The molecule has 0 aromatic heterocycles. The van der Waals surface area contributed by atoms with Crippen LogP contribution in [-0.4, -0.2) is 53.9 Å². The molecule has 1 saturated heterocycles. The third-order valence-electron chi connectivity index (χ3n) is 5.46. The van der Waals surface area contributed by atoms with Gasteiger partial charge in [0.05, 0.1) is 11.9 Å². The monoisotopic (exact) mass is 462 g/mol. The fourth-order valence-corrected chi connectivity index (χ4v) is 4.37. The minimum atomic E-state index is -0.310. The van der Waals surface area contributed by atoms with Crippen molar-refractivity contribution in [2.75, 3.05) is 20.7 Å². The fourth-order valence-electron chi connectivity index (χ4n) is 3.51. The summed E-state index contributed by atoms with van der Waals surface area (Å²) in [5.74, 6) is 0.585. The highest BCUT2D eigenvalue weighted by molar-refractivity contribution is 8.15. The van der Waals surface area contributed by atoms with E-state index in [0.717, 1.165) is 29.7 Å². The summed E-state index contributed by atoms with van der Waals surface area (Å²) in [6, 6.07) is 7.88. The van der Waals surface area contributed by atoms with Gasteiger partial charge in [-0.1, -0.05) is 50.1 Å². The maximum absolute atomic E-state index is 11.6. The van der Waals surface area contributed by atoms with Crippen molar-refractivity contribution in [3.63, 3.8) is 0 Å². The number of carbonyl (C=O) groups is 2. The number of carbonyl (C=O) groups excluding carboxylic acids is 2. The van der Waals surface area contributed by atoms with Gasteiger partial charge < -0.3 is 15.4 Å². The smallest absolute Gasteiger partial charge is 0.286 e. The summed E-state index contributed by atoms with van der Waals surface area (Å²) in [4.78, 5) is 24.3. The second-order valence-electron chi connectivity index (χ2n) is 8.67. The highest BCUT2D eigenvalue weighted by Crippen LogP contribution is 2.36. The van der Waals surface area contributed by atoms with Crippen molar-refractivity contribution >= 4 is 34.8 Å². The standard InChI is InChI=1S/C18H23NO3S.C4H11N5/c1-18(9-3-2-4-10-18)12-22-14-7-5-13(6-8-14)11-15-16(20)19-17(21)23-15;1-9(2)4(7)8-3(5)6/h5-8,15H,2-4,9-12H2,1H3,(H,19,20,21);1-2H3,(H5,5,6,7,8). The van der Waals surface area contributed by atoms with Crippen molar-refractivity contribution < 1.29 is 14.3 Å². The van der Waals surface area contributed by atoms with E-state index in [1.807, 2.05) is 24.3 Å². The second kappa shape index (κ2) is 11.8. The van der Waals surface area contributed by atoms with Crippen molar-refractivity contribution in [1.82, 2.24) is 15.5 Å². The van der Waals surface area contributed by atoms with Crippen molar-refractivity contribution in [1.29, 1.82) is 10.8 Å². The number of guanidine groups is 2. The average Bonchev–Trinajstić information content (AvgIpc) is 3.04. The van der Waals surface area contributed by atoms with Gasteiger partial charge in [-0.05, 0) is 37.0 Å². The number of imide groups is 1. The third-order valence-corrected chi connectivity index (χ3v) is 6.44. The summed E-state index contributed by atoms with van der Waals surface area (Å²) in [5.41, 5.74) is 6.28. The Morgan fingerprint density at radius 1 is 1.22 bits per heavy atom. The highest BCUT2D eigenvalue weighted by Gasteiger charge is 2.31. The molecule has 0 radical (unpaired) electrons. The number of amides is 2. The van der Waals surface area contributed by atoms with Crippen molar-refractivity contribution in [3.05, 3.63) is 29.8 Å². The van der Waals surface area contributed by atoms with Crippen LogP contribution in [0.3, 0.4) is 0 Å². The predicted octanol–water partition coefficient (Wildman–Crippen LogP) is 2.90. The number of nitrogens with two attached hydrogens (primary N) is 1. The molecular weight excluding hydrogens is 428 g/mol. The summed E-state index contributed by atoms with van der Waals surface area (Å²) in [6.07, 6.45) is 7.01. The number of rotatable bonds is 5. The lowest BCUT2D eigenvalue weighted by molar-refractivity contribution is -0.118. The van der Waals surface area contributed by atoms with Crippen LogP contribution < -0.4 is 21.1 Å². The first-order valence-electron chi connectivity index (χ1n) is 10.7. The molecule has 0 spiro atoms. The molecule has 2 amide bonds. The zero-order valence-electron chi connectivity index (χ0n) is 19.0. The van der Waals surface area contributed by atoms with Gasteiger partial charge in [0.1, 0.15) is 5.75 Å². The van der Waals surface area contributed by atoms with Gasteiger partial charge in [-0.3, -0.25) is 31.0 Å². The van der Waals surface area contributed by atoms with E-state index in [9.17, 15) is 9.59 Å². The Labute approximate surface area is 193 Å². The number of thioether (sulfide) groups is 1. The largest absolute Gasteiger partial charge is 0.493 e. The Hall–Kier alpha value is -2.75. The van der Waals surface area contributed by atoms with Gasteiger partial charge in [-0.15, -0.1) is 0 Å².